The molecule has 2 heterocycles. The first-order valence-electron chi connectivity index (χ1n) is 6.57. The Balaban J connectivity index is 1.76. The third-order valence-electron chi connectivity index (χ3n) is 3.50. The monoisotopic (exact) mass is 225 g/mol. The number of nitrogens with one attached hydrogen (secondary N) is 1. The van der Waals surface area contributed by atoms with Crippen molar-refractivity contribution in [3.05, 3.63) is 0 Å². The van der Waals surface area contributed by atoms with Gasteiger partial charge < -0.3 is 10.2 Å². The van der Waals surface area contributed by atoms with Crippen LogP contribution in [0.4, 0.5) is 0 Å². The molecule has 2 rings (SSSR count). The molecule has 16 heavy (non-hydrogen) atoms. The van der Waals surface area contributed by atoms with Crippen LogP contribution in [0, 0.1) is 0 Å². The van der Waals surface area contributed by atoms with Gasteiger partial charge in [0.05, 0.1) is 6.54 Å². The smallest absolute Gasteiger partial charge is 0.236 e. The van der Waals surface area contributed by atoms with Gasteiger partial charge in [-0.3, -0.25) is 9.69 Å². The zero-order valence-corrected chi connectivity index (χ0v) is 10.1. The highest BCUT2D eigenvalue weighted by Gasteiger charge is 2.19. The summed E-state index contributed by atoms with van der Waals surface area (Å²) in [7, 11) is 0. The molecule has 0 aliphatic carbocycles. The van der Waals surface area contributed by atoms with Crippen molar-refractivity contribution in [2.24, 2.45) is 0 Å². The minimum absolute atomic E-state index is 0.335. The van der Waals surface area contributed by atoms with Gasteiger partial charge in [0.25, 0.3) is 0 Å². The first-order valence-corrected chi connectivity index (χ1v) is 6.57. The average Bonchev–Trinajstić information content (AvgIpc) is 2.59. The van der Waals surface area contributed by atoms with Gasteiger partial charge in [-0.1, -0.05) is 0 Å². The molecular formula is C12H23N3O. The number of carbonyl (C=O) groups is 1. The minimum Gasteiger partial charge on any atom is -0.342 e. The Morgan fingerprint density at radius 1 is 0.938 bits per heavy atom. The lowest BCUT2D eigenvalue weighted by Gasteiger charge is -2.29. The number of rotatable bonds is 2. The predicted octanol–water partition coefficient (Wildman–Crippen LogP) is 0.294. The zero-order chi connectivity index (χ0) is 11.2. The Morgan fingerprint density at radius 3 is 2.56 bits per heavy atom. The molecule has 2 fully saturated rings. The fraction of sp³-hybridized carbons (Fsp3) is 0.917. The number of likely N-dealkylation sites (tertiary alicyclic amines) is 1. The Labute approximate surface area is 98.0 Å². The van der Waals surface area contributed by atoms with E-state index in [1.807, 2.05) is 4.90 Å². The molecule has 0 radical (unpaired) electrons. The standard InChI is InChI=1S/C12H23N3O/c16-12(15-8-2-1-3-9-15)11-14-7-4-5-13-6-10-14/h13H,1-11H2. The molecule has 1 amide bonds. The molecule has 0 unspecified atom stereocenters. The SMILES string of the molecule is O=C(CN1CCCNCC1)N1CCCCC1. The Bertz CT molecular complexity index is 218. The first-order chi connectivity index (χ1) is 7.86. The van der Waals surface area contributed by atoms with Gasteiger partial charge in [0.1, 0.15) is 0 Å². The predicted molar refractivity (Wildman–Crippen MR) is 64.4 cm³/mol. The van der Waals surface area contributed by atoms with E-state index in [4.69, 9.17) is 0 Å². The van der Waals surface area contributed by atoms with E-state index in [0.29, 0.717) is 12.5 Å². The van der Waals surface area contributed by atoms with Crippen LogP contribution < -0.4 is 5.32 Å². The van der Waals surface area contributed by atoms with Crippen molar-refractivity contribution in [1.29, 1.82) is 0 Å². The summed E-state index contributed by atoms with van der Waals surface area (Å²) in [5.74, 6) is 0.335. The molecule has 4 heteroatoms. The van der Waals surface area contributed by atoms with Crippen LogP contribution in [0.1, 0.15) is 25.7 Å². The molecule has 0 aromatic carbocycles. The van der Waals surface area contributed by atoms with Gasteiger partial charge in [0.2, 0.25) is 5.91 Å². The van der Waals surface area contributed by atoms with Crippen molar-refractivity contribution < 1.29 is 4.79 Å². The third-order valence-corrected chi connectivity index (χ3v) is 3.50. The van der Waals surface area contributed by atoms with E-state index < -0.39 is 0 Å². The van der Waals surface area contributed by atoms with Crippen LogP contribution in [-0.4, -0.2) is 61.5 Å². The van der Waals surface area contributed by atoms with Gasteiger partial charge in [-0.25, -0.2) is 0 Å². The number of hydrogen-bond donors (Lipinski definition) is 1. The van der Waals surface area contributed by atoms with E-state index in [0.717, 1.165) is 45.7 Å². The van der Waals surface area contributed by atoms with E-state index in [2.05, 4.69) is 10.2 Å². The normalized spacial score (nSPS) is 24.1. The molecule has 0 saturated carbocycles. The van der Waals surface area contributed by atoms with Crippen molar-refractivity contribution in [2.45, 2.75) is 25.7 Å². The molecule has 2 aliphatic heterocycles. The lowest BCUT2D eigenvalue weighted by molar-refractivity contribution is -0.133. The highest BCUT2D eigenvalue weighted by Crippen LogP contribution is 2.09. The van der Waals surface area contributed by atoms with Gasteiger partial charge in [-0.05, 0) is 38.8 Å². The maximum Gasteiger partial charge on any atom is 0.236 e. The Kier molecular flexibility index (Phi) is 4.60. The molecular weight excluding hydrogens is 202 g/mol. The van der Waals surface area contributed by atoms with Gasteiger partial charge in [0, 0.05) is 26.2 Å². The highest BCUT2D eigenvalue weighted by atomic mass is 16.2. The third kappa shape index (κ3) is 3.46. The van der Waals surface area contributed by atoms with E-state index in [-0.39, 0.29) is 0 Å². The van der Waals surface area contributed by atoms with E-state index in [1.54, 1.807) is 0 Å². The topological polar surface area (TPSA) is 35.6 Å². The first kappa shape index (κ1) is 11.9. The van der Waals surface area contributed by atoms with Gasteiger partial charge >= 0.3 is 0 Å². The summed E-state index contributed by atoms with van der Waals surface area (Å²) in [4.78, 5) is 16.4. The van der Waals surface area contributed by atoms with Gasteiger partial charge in [0.15, 0.2) is 0 Å². The average molecular weight is 225 g/mol. The number of amides is 1. The van der Waals surface area contributed by atoms with Gasteiger partial charge in [-0.15, -0.1) is 0 Å². The van der Waals surface area contributed by atoms with Crippen molar-refractivity contribution in [2.75, 3.05) is 45.8 Å². The largest absolute Gasteiger partial charge is 0.342 e. The summed E-state index contributed by atoms with van der Waals surface area (Å²) in [6.07, 6.45) is 4.82. The summed E-state index contributed by atoms with van der Waals surface area (Å²) in [6, 6.07) is 0. The number of piperidine rings is 1. The number of hydrogen-bond acceptors (Lipinski definition) is 3. The summed E-state index contributed by atoms with van der Waals surface area (Å²) >= 11 is 0. The quantitative estimate of drug-likeness (QED) is 0.734. The van der Waals surface area contributed by atoms with E-state index in [1.165, 1.54) is 19.3 Å². The summed E-state index contributed by atoms with van der Waals surface area (Å²) in [5.41, 5.74) is 0. The van der Waals surface area contributed by atoms with Crippen molar-refractivity contribution in [3.63, 3.8) is 0 Å². The molecule has 1 N–H and O–H groups in total. The van der Waals surface area contributed by atoms with Crippen LogP contribution in [0.15, 0.2) is 0 Å². The molecule has 0 aromatic heterocycles. The summed E-state index contributed by atoms with van der Waals surface area (Å²) < 4.78 is 0. The van der Waals surface area contributed by atoms with Crippen molar-refractivity contribution in [3.8, 4) is 0 Å². The fourth-order valence-electron chi connectivity index (χ4n) is 2.49. The van der Waals surface area contributed by atoms with Crippen LogP contribution in [0.3, 0.4) is 0 Å². The van der Waals surface area contributed by atoms with Crippen LogP contribution in [0.25, 0.3) is 0 Å². The Hall–Kier alpha value is -0.610. The Morgan fingerprint density at radius 2 is 1.75 bits per heavy atom. The second-order valence-electron chi connectivity index (χ2n) is 4.82. The lowest BCUT2D eigenvalue weighted by atomic mass is 10.1. The van der Waals surface area contributed by atoms with Crippen LogP contribution in [-0.2, 0) is 4.79 Å². The minimum atomic E-state index is 0.335. The zero-order valence-electron chi connectivity index (χ0n) is 10.1. The lowest BCUT2D eigenvalue weighted by Crippen LogP contribution is -2.43. The van der Waals surface area contributed by atoms with E-state index >= 15 is 0 Å². The van der Waals surface area contributed by atoms with Crippen molar-refractivity contribution >= 4 is 5.91 Å². The maximum atomic E-state index is 12.0. The summed E-state index contributed by atoms with van der Waals surface area (Å²) in [6.45, 7) is 6.77. The molecule has 2 aliphatic rings. The van der Waals surface area contributed by atoms with Crippen LogP contribution in [0.5, 0.6) is 0 Å². The van der Waals surface area contributed by atoms with Gasteiger partial charge in [-0.2, -0.15) is 0 Å². The molecule has 0 bridgehead atoms. The summed E-state index contributed by atoms with van der Waals surface area (Å²) in [5, 5.41) is 3.36. The molecule has 4 nitrogen and oxygen atoms in total. The second kappa shape index (κ2) is 6.21. The van der Waals surface area contributed by atoms with E-state index in [9.17, 15) is 4.79 Å². The maximum absolute atomic E-state index is 12.0. The number of nitrogens with zero attached hydrogens (tertiary/aromatic N) is 2. The second-order valence-corrected chi connectivity index (χ2v) is 4.82. The highest BCUT2D eigenvalue weighted by molar-refractivity contribution is 5.78. The van der Waals surface area contributed by atoms with Crippen molar-refractivity contribution in [1.82, 2.24) is 15.1 Å². The molecule has 2 saturated heterocycles. The molecule has 0 aromatic rings. The fourth-order valence-corrected chi connectivity index (χ4v) is 2.49. The molecule has 0 atom stereocenters. The number of carbonyl (C=O) groups excluding carboxylic acids is 1. The van der Waals surface area contributed by atoms with Crippen LogP contribution in [0.2, 0.25) is 0 Å². The molecule has 92 valence electrons. The van der Waals surface area contributed by atoms with Crippen LogP contribution >= 0.6 is 0 Å². The molecule has 0 spiro atoms.